The Labute approximate surface area is 178 Å². The first-order valence-electron chi connectivity index (χ1n) is 9.97. The summed E-state index contributed by atoms with van der Waals surface area (Å²) >= 11 is 0. The van der Waals surface area contributed by atoms with E-state index in [2.05, 4.69) is 10.2 Å². The normalized spacial score (nSPS) is 14.4. The van der Waals surface area contributed by atoms with Gasteiger partial charge in [-0.25, -0.2) is 8.42 Å². The molecule has 0 aliphatic carbocycles. The molecule has 0 aromatic heterocycles. The molecule has 8 heteroatoms. The van der Waals surface area contributed by atoms with E-state index in [-0.39, 0.29) is 12.5 Å². The van der Waals surface area contributed by atoms with E-state index in [1.807, 2.05) is 44.2 Å². The van der Waals surface area contributed by atoms with Gasteiger partial charge in [0.25, 0.3) is 0 Å². The van der Waals surface area contributed by atoms with Gasteiger partial charge in [-0.2, -0.15) is 0 Å². The van der Waals surface area contributed by atoms with Gasteiger partial charge < -0.3 is 15.0 Å². The fourth-order valence-corrected chi connectivity index (χ4v) is 4.16. The Morgan fingerprint density at radius 1 is 1.07 bits per heavy atom. The number of hydrogen-bond acceptors (Lipinski definition) is 5. The van der Waals surface area contributed by atoms with Crippen molar-refractivity contribution in [3.8, 4) is 0 Å². The van der Waals surface area contributed by atoms with E-state index in [0.717, 1.165) is 59.2 Å². The van der Waals surface area contributed by atoms with Gasteiger partial charge in [0.2, 0.25) is 15.9 Å². The van der Waals surface area contributed by atoms with Crippen LogP contribution in [0, 0.1) is 13.8 Å². The van der Waals surface area contributed by atoms with Crippen LogP contribution in [0.1, 0.15) is 16.7 Å². The third kappa shape index (κ3) is 5.73. The number of morpholine rings is 1. The highest BCUT2D eigenvalue weighted by Crippen LogP contribution is 2.21. The molecular weight excluding hydrogens is 402 g/mol. The third-order valence-electron chi connectivity index (χ3n) is 5.27. The summed E-state index contributed by atoms with van der Waals surface area (Å²) in [5.41, 5.74) is 4.62. The molecule has 3 rings (SSSR count). The van der Waals surface area contributed by atoms with E-state index >= 15 is 0 Å². The van der Waals surface area contributed by atoms with Gasteiger partial charge in [-0.3, -0.25) is 9.10 Å². The molecule has 162 valence electrons. The van der Waals surface area contributed by atoms with Crippen molar-refractivity contribution in [3.63, 3.8) is 0 Å². The summed E-state index contributed by atoms with van der Waals surface area (Å²) in [5, 5.41) is 2.82. The van der Waals surface area contributed by atoms with Crippen LogP contribution < -0.4 is 14.5 Å². The minimum absolute atomic E-state index is 0.257. The third-order valence-corrected chi connectivity index (χ3v) is 6.41. The van der Waals surface area contributed by atoms with Crippen LogP contribution in [0.5, 0.6) is 0 Å². The van der Waals surface area contributed by atoms with Crippen molar-refractivity contribution in [1.82, 2.24) is 5.32 Å². The van der Waals surface area contributed by atoms with E-state index in [1.165, 1.54) is 0 Å². The number of carbonyl (C=O) groups is 1. The second-order valence-electron chi connectivity index (χ2n) is 7.58. The van der Waals surface area contributed by atoms with Crippen LogP contribution >= 0.6 is 0 Å². The van der Waals surface area contributed by atoms with Gasteiger partial charge in [0.15, 0.2) is 0 Å². The number of carbonyl (C=O) groups excluding carboxylic acids is 1. The Morgan fingerprint density at radius 3 is 2.33 bits per heavy atom. The summed E-state index contributed by atoms with van der Waals surface area (Å²) in [5.74, 6) is -0.351. The zero-order valence-corrected chi connectivity index (χ0v) is 18.5. The van der Waals surface area contributed by atoms with Crippen LogP contribution in [0.15, 0.2) is 42.5 Å². The van der Waals surface area contributed by atoms with Crippen LogP contribution in [0.25, 0.3) is 0 Å². The van der Waals surface area contributed by atoms with E-state index in [1.54, 1.807) is 12.1 Å². The highest BCUT2D eigenvalue weighted by Gasteiger charge is 2.21. The number of ether oxygens (including phenoxy) is 1. The highest BCUT2D eigenvalue weighted by molar-refractivity contribution is 7.92. The van der Waals surface area contributed by atoms with Crippen LogP contribution in [-0.2, 0) is 26.1 Å². The quantitative estimate of drug-likeness (QED) is 0.727. The molecule has 1 N–H and O–H groups in total. The van der Waals surface area contributed by atoms with Gasteiger partial charge in [-0.15, -0.1) is 0 Å². The minimum Gasteiger partial charge on any atom is -0.378 e. The summed E-state index contributed by atoms with van der Waals surface area (Å²) in [4.78, 5) is 14.7. The summed E-state index contributed by atoms with van der Waals surface area (Å²) in [7, 11) is -3.59. The van der Waals surface area contributed by atoms with Gasteiger partial charge in [0, 0.05) is 25.3 Å². The monoisotopic (exact) mass is 431 g/mol. The summed E-state index contributed by atoms with van der Waals surface area (Å²) < 4.78 is 31.0. The van der Waals surface area contributed by atoms with E-state index in [0.29, 0.717) is 12.2 Å². The molecule has 30 heavy (non-hydrogen) atoms. The minimum atomic E-state index is -3.59. The Morgan fingerprint density at radius 2 is 1.73 bits per heavy atom. The maximum Gasteiger partial charge on any atom is 0.241 e. The topological polar surface area (TPSA) is 79.0 Å². The van der Waals surface area contributed by atoms with Crippen LogP contribution in [0.2, 0.25) is 0 Å². The number of nitrogens with one attached hydrogen (secondary N) is 1. The molecule has 0 unspecified atom stereocenters. The van der Waals surface area contributed by atoms with Gasteiger partial charge >= 0.3 is 0 Å². The number of rotatable bonds is 7. The predicted molar refractivity (Wildman–Crippen MR) is 119 cm³/mol. The van der Waals surface area contributed by atoms with Crippen molar-refractivity contribution in [3.05, 3.63) is 59.2 Å². The molecule has 1 saturated heterocycles. The molecule has 0 radical (unpaired) electrons. The van der Waals surface area contributed by atoms with Crippen LogP contribution in [-0.4, -0.2) is 53.4 Å². The second-order valence-corrected chi connectivity index (χ2v) is 9.49. The smallest absolute Gasteiger partial charge is 0.241 e. The Kier molecular flexibility index (Phi) is 6.99. The van der Waals surface area contributed by atoms with Crippen molar-refractivity contribution in [2.75, 3.05) is 48.3 Å². The maximum absolute atomic E-state index is 12.5. The molecule has 2 aromatic rings. The lowest BCUT2D eigenvalue weighted by Gasteiger charge is -2.29. The molecule has 1 heterocycles. The van der Waals surface area contributed by atoms with Gasteiger partial charge in [-0.05, 0) is 54.8 Å². The van der Waals surface area contributed by atoms with Crippen molar-refractivity contribution >= 4 is 27.3 Å². The van der Waals surface area contributed by atoms with Gasteiger partial charge in [0.05, 0.1) is 25.2 Å². The average molecular weight is 432 g/mol. The molecule has 1 aliphatic rings. The first-order valence-corrected chi connectivity index (χ1v) is 11.8. The molecule has 0 bridgehead atoms. The number of sulfonamides is 1. The number of aryl methyl sites for hydroxylation is 2. The number of nitrogens with zero attached hydrogens (tertiary/aromatic N) is 2. The molecule has 1 amide bonds. The maximum atomic E-state index is 12.5. The fourth-order valence-electron chi connectivity index (χ4n) is 3.31. The Balaban J connectivity index is 1.61. The van der Waals surface area contributed by atoms with E-state index in [4.69, 9.17) is 4.74 Å². The fraction of sp³-hybridized carbons (Fsp3) is 0.409. The summed E-state index contributed by atoms with van der Waals surface area (Å²) in [6.07, 6.45) is 1.11. The van der Waals surface area contributed by atoms with Crippen LogP contribution in [0.4, 0.5) is 11.4 Å². The SMILES string of the molecule is Cc1ccc(N(CC(=O)NCc2ccc(N3CCOCC3)cc2)S(C)(=O)=O)cc1C. The summed E-state index contributed by atoms with van der Waals surface area (Å²) in [6.45, 7) is 7.16. The number of anilines is 2. The lowest BCUT2D eigenvalue weighted by Crippen LogP contribution is -2.40. The van der Waals surface area contributed by atoms with Crippen LogP contribution in [0.3, 0.4) is 0 Å². The Bertz CT molecular complexity index is 984. The van der Waals surface area contributed by atoms with Crippen molar-refractivity contribution in [1.29, 1.82) is 0 Å². The second kappa shape index (κ2) is 9.49. The zero-order chi connectivity index (χ0) is 21.7. The molecule has 2 aromatic carbocycles. The number of benzene rings is 2. The molecule has 0 spiro atoms. The lowest BCUT2D eigenvalue weighted by atomic mass is 10.1. The summed E-state index contributed by atoms with van der Waals surface area (Å²) in [6, 6.07) is 13.4. The van der Waals surface area contributed by atoms with Gasteiger partial charge in [-0.1, -0.05) is 18.2 Å². The number of amides is 1. The molecule has 0 atom stereocenters. The molecule has 7 nitrogen and oxygen atoms in total. The van der Waals surface area contributed by atoms with E-state index in [9.17, 15) is 13.2 Å². The van der Waals surface area contributed by atoms with Crippen molar-refractivity contribution < 1.29 is 17.9 Å². The van der Waals surface area contributed by atoms with Gasteiger partial charge in [0.1, 0.15) is 6.54 Å². The molecular formula is C22H29N3O4S. The van der Waals surface area contributed by atoms with Crippen molar-refractivity contribution in [2.45, 2.75) is 20.4 Å². The first kappa shape index (κ1) is 22.1. The molecule has 1 fully saturated rings. The zero-order valence-electron chi connectivity index (χ0n) is 17.7. The highest BCUT2D eigenvalue weighted by atomic mass is 32.2. The molecule has 1 aliphatic heterocycles. The predicted octanol–water partition coefficient (Wildman–Crippen LogP) is 2.22. The van der Waals surface area contributed by atoms with E-state index < -0.39 is 10.0 Å². The number of hydrogen-bond donors (Lipinski definition) is 1. The largest absolute Gasteiger partial charge is 0.378 e. The standard InChI is InChI=1S/C22H29N3O4S/c1-17-4-7-21(14-18(17)2)25(30(3,27)28)16-22(26)23-15-19-5-8-20(9-6-19)24-10-12-29-13-11-24/h4-9,14H,10-13,15-16H2,1-3H3,(H,23,26). The van der Waals surface area contributed by atoms with Crippen molar-refractivity contribution in [2.24, 2.45) is 0 Å². The first-order chi connectivity index (χ1) is 14.2. The molecule has 0 saturated carbocycles. The Hall–Kier alpha value is -2.58. The lowest BCUT2D eigenvalue weighted by molar-refractivity contribution is -0.119. The average Bonchev–Trinajstić information content (AvgIpc) is 2.73.